The topological polar surface area (TPSA) is 60.4 Å². The highest BCUT2D eigenvalue weighted by molar-refractivity contribution is 8.01. The maximum atomic E-state index is 14.3. The van der Waals surface area contributed by atoms with E-state index in [0.29, 0.717) is 6.07 Å². The molecule has 1 atom stereocenters. The first-order valence-corrected chi connectivity index (χ1v) is 12.2. The first kappa shape index (κ1) is 27.8. The SMILES string of the molecule is COc1c(Cl)ccc(Cl)c1C(=O)P(=O)(C(=O)c1c(C(F)(F)F)cccc1C(F)(F)F)c1ccccc1. The Morgan fingerprint density at radius 3 is 1.67 bits per heavy atom. The molecule has 0 aliphatic carbocycles. The number of benzene rings is 3. The molecule has 0 saturated carbocycles. The molecular weight excluding hydrogens is 556 g/mol. The van der Waals surface area contributed by atoms with E-state index >= 15 is 0 Å². The van der Waals surface area contributed by atoms with Crippen LogP contribution in [0.25, 0.3) is 0 Å². The van der Waals surface area contributed by atoms with Gasteiger partial charge in [0.15, 0.2) is 0 Å². The van der Waals surface area contributed by atoms with Crippen molar-refractivity contribution >= 4 is 46.7 Å². The molecule has 1 unspecified atom stereocenters. The zero-order valence-corrected chi connectivity index (χ0v) is 20.3. The van der Waals surface area contributed by atoms with E-state index in [2.05, 4.69) is 0 Å². The molecule has 190 valence electrons. The first-order valence-electron chi connectivity index (χ1n) is 9.70. The third kappa shape index (κ3) is 4.90. The molecule has 36 heavy (non-hydrogen) atoms. The van der Waals surface area contributed by atoms with Crippen LogP contribution in [0.5, 0.6) is 5.75 Å². The van der Waals surface area contributed by atoms with Gasteiger partial charge in [-0.05, 0) is 24.3 Å². The first-order chi connectivity index (χ1) is 16.7. The number of halogens is 8. The van der Waals surface area contributed by atoms with Crippen molar-refractivity contribution in [3.05, 3.63) is 93.0 Å². The van der Waals surface area contributed by atoms with Crippen LogP contribution in [-0.2, 0) is 16.9 Å². The van der Waals surface area contributed by atoms with E-state index in [1.165, 1.54) is 24.3 Å². The summed E-state index contributed by atoms with van der Waals surface area (Å²) < 4.78 is 102. The summed E-state index contributed by atoms with van der Waals surface area (Å²) >= 11 is 12.1. The molecule has 0 aliphatic heterocycles. The van der Waals surface area contributed by atoms with Crippen molar-refractivity contribution in [1.29, 1.82) is 0 Å². The minimum absolute atomic E-state index is 0.231. The van der Waals surface area contributed by atoms with E-state index in [1.807, 2.05) is 0 Å². The molecule has 0 fully saturated rings. The van der Waals surface area contributed by atoms with Crippen LogP contribution in [0.2, 0.25) is 10.0 Å². The molecule has 0 bridgehead atoms. The van der Waals surface area contributed by atoms with Crippen molar-refractivity contribution < 1.29 is 45.2 Å². The summed E-state index contributed by atoms with van der Waals surface area (Å²) in [4.78, 5) is 27.3. The Balaban J connectivity index is 2.45. The molecule has 0 spiro atoms. The highest BCUT2D eigenvalue weighted by Crippen LogP contribution is 2.56. The zero-order chi connectivity index (χ0) is 27.1. The van der Waals surface area contributed by atoms with Crippen molar-refractivity contribution in [2.45, 2.75) is 12.4 Å². The van der Waals surface area contributed by atoms with Crippen LogP contribution in [0.15, 0.2) is 60.7 Å². The van der Waals surface area contributed by atoms with Crippen molar-refractivity contribution in [1.82, 2.24) is 0 Å². The van der Waals surface area contributed by atoms with E-state index in [1.54, 1.807) is 0 Å². The van der Waals surface area contributed by atoms with Crippen LogP contribution in [0, 0.1) is 0 Å². The number of carbonyl (C=O) groups is 2. The molecule has 0 saturated heterocycles. The third-order valence-electron chi connectivity index (χ3n) is 5.06. The van der Waals surface area contributed by atoms with Crippen LogP contribution in [-0.4, -0.2) is 18.2 Å². The molecule has 0 aromatic heterocycles. The predicted octanol–water partition coefficient (Wildman–Crippen LogP) is 7.71. The van der Waals surface area contributed by atoms with Crippen LogP contribution in [0.1, 0.15) is 31.8 Å². The maximum absolute atomic E-state index is 14.3. The smallest absolute Gasteiger partial charge is 0.417 e. The number of hydrogen-bond donors (Lipinski definition) is 0. The van der Waals surface area contributed by atoms with Gasteiger partial charge in [-0.2, -0.15) is 26.3 Å². The predicted molar refractivity (Wildman–Crippen MR) is 122 cm³/mol. The largest absolute Gasteiger partial charge is 0.494 e. The number of hydrogen-bond acceptors (Lipinski definition) is 4. The van der Waals surface area contributed by atoms with E-state index < -0.39 is 68.9 Å². The fourth-order valence-electron chi connectivity index (χ4n) is 3.47. The molecule has 0 aliphatic rings. The minimum Gasteiger partial charge on any atom is -0.494 e. The van der Waals surface area contributed by atoms with Crippen molar-refractivity contribution in [2.75, 3.05) is 7.11 Å². The zero-order valence-electron chi connectivity index (χ0n) is 17.9. The average molecular weight is 569 g/mol. The van der Waals surface area contributed by atoms with Gasteiger partial charge in [-0.1, -0.05) is 59.6 Å². The van der Waals surface area contributed by atoms with Gasteiger partial charge in [0.05, 0.1) is 39.4 Å². The van der Waals surface area contributed by atoms with Crippen LogP contribution >= 0.6 is 30.3 Å². The van der Waals surface area contributed by atoms with Gasteiger partial charge in [0.2, 0.25) is 18.2 Å². The molecule has 3 rings (SSSR count). The molecule has 0 amide bonds. The summed E-state index contributed by atoms with van der Waals surface area (Å²) in [5, 5.41) is -1.28. The van der Waals surface area contributed by atoms with Gasteiger partial charge in [0, 0.05) is 5.30 Å². The number of rotatable bonds is 6. The molecule has 0 N–H and O–H groups in total. The number of methoxy groups -OCH3 is 1. The molecule has 3 aromatic carbocycles. The Hall–Kier alpha value is -2.81. The van der Waals surface area contributed by atoms with Crippen molar-refractivity contribution in [3.8, 4) is 5.75 Å². The quantitative estimate of drug-likeness (QED) is 0.226. The lowest BCUT2D eigenvalue weighted by Gasteiger charge is -2.23. The Bertz CT molecular complexity index is 1360. The van der Waals surface area contributed by atoms with Crippen molar-refractivity contribution in [3.63, 3.8) is 0 Å². The van der Waals surface area contributed by atoms with Gasteiger partial charge in [0.1, 0.15) is 5.75 Å². The Labute approximate surface area is 210 Å². The highest BCUT2D eigenvalue weighted by Gasteiger charge is 2.51. The van der Waals surface area contributed by atoms with Gasteiger partial charge >= 0.3 is 12.4 Å². The molecule has 0 heterocycles. The lowest BCUT2D eigenvalue weighted by molar-refractivity contribution is -0.143. The van der Waals surface area contributed by atoms with Gasteiger partial charge in [-0.15, -0.1) is 0 Å². The second-order valence-corrected chi connectivity index (χ2v) is 10.6. The standard InChI is InChI=1S/C23H13Cl2F6O4P/c1-35-19-16(25)11-10-15(24)18(19)21(33)36(34,12-6-3-2-4-7-12)20(32)17-13(22(26,27)28)8-5-9-14(17)23(29,30)31/h2-11H,1H3. The monoisotopic (exact) mass is 568 g/mol. The number of ether oxygens (including phenoxy) is 1. The summed E-state index contributed by atoms with van der Waals surface area (Å²) in [5.41, 5.74) is -10.5. The number of alkyl halides is 6. The Morgan fingerprint density at radius 2 is 1.19 bits per heavy atom. The molecule has 3 aromatic rings. The fourth-order valence-corrected chi connectivity index (χ4v) is 6.34. The second-order valence-electron chi connectivity index (χ2n) is 7.22. The van der Waals surface area contributed by atoms with E-state index in [-0.39, 0.29) is 17.2 Å². The van der Waals surface area contributed by atoms with E-state index in [9.17, 15) is 40.5 Å². The summed E-state index contributed by atoms with van der Waals surface area (Å²) in [6.07, 6.45) is -10.9. The Kier molecular flexibility index (Phi) is 7.65. The normalized spacial score (nSPS) is 13.7. The van der Waals surface area contributed by atoms with Gasteiger partial charge in [0.25, 0.3) is 0 Å². The van der Waals surface area contributed by atoms with Crippen molar-refractivity contribution in [2.24, 2.45) is 0 Å². The molecule has 4 nitrogen and oxygen atoms in total. The molecular formula is C23H13Cl2F6O4P. The van der Waals surface area contributed by atoms with Gasteiger partial charge in [-0.3, -0.25) is 9.59 Å². The number of carbonyl (C=O) groups excluding carboxylic acids is 2. The van der Waals surface area contributed by atoms with Crippen LogP contribution in [0.4, 0.5) is 26.3 Å². The lowest BCUT2D eigenvalue weighted by atomic mass is 10.0. The summed E-state index contributed by atoms with van der Waals surface area (Å²) in [6, 6.07) is 8.93. The Morgan fingerprint density at radius 1 is 0.722 bits per heavy atom. The highest BCUT2D eigenvalue weighted by atomic mass is 35.5. The lowest BCUT2D eigenvalue weighted by Crippen LogP contribution is -2.26. The summed E-state index contributed by atoms with van der Waals surface area (Å²) in [5.74, 6) is -0.460. The maximum Gasteiger partial charge on any atom is 0.417 e. The fraction of sp³-hybridized carbons (Fsp3) is 0.130. The molecule has 13 heteroatoms. The van der Waals surface area contributed by atoms with Crippen LogP contribution < -0.4 is 10.0 Å². The summed E-state index contributed by atoms with van der Waals surface area (Å²) in [7, 11) is -4.43. The second kappa shape index (κ2) is 9.92. The van der Waals surface area contributed by atoms with Gasteiger partial charge < -0.3 is 9.30 Å². The van der Waals surface area contributed by atoms with E-state index in [0.717, 1.165) is 25.3 Å². The summed E-state index contributed by atoms with van der Waals surface area (Å²) in [6.45, 7) is 0. The average Bonchev–Trinajstić information content (AvgIpc) is 2.82. The van der Waals surface area contributed by atoms with Crippen LogP contribution in [0.3, 0.4) is 0 Å². The third-order valence-corrected chi connectivity index (χ3v) is 8.29. The van der Waals surface area contributed by atoms with E-state index in [4.69, 9.17) is 27.9 Å². The minimum atomic E-state index is -5.48. The van der Waals surface area contributed by atoms with Gasteiger partial charge in [-0.25, -0.2) is 0 Å². The molecule has 0 radical (unpaired) electrons.